The number of phosphoric ester groups is 1. The van der Waals surface area contributed by atoms with Gasteiger partial charge in [-0.25, -0.2) is 4.57 Å². The van der Waals surface area contributed by atoms with Gasteiger partial charge in [0.05, 0.1) is 39.9 Å². The number of amides is 1. The maximum atomic E-state index is 12.9. The van der Waals surface area contributed by atoms with Crippen LogP contribution < -0.4 is 5.32 Å². The number of allylic oxidation sites excluding steroid dienone is 3. The van der Waals surface area contributed by atoms with Crippen LogP contribution in [0.2, 0.25) is 0 Å². The van der Waals surface area contributed by atoms with E-state index in [-0.39, 0.29) is 19.1 Å². The van der Waals surface area contributed by atoms with Crippen molar-refractivity contribution < 1.29 is 32.9 Å². The molecule has 3 unspecified atom stereocenters. The van der Waals surface area contributed by atoms with Crippen LogP contribution >= 0.6 is 7.82 Å². The molecular formula is C57H114N2O6P+. The summed E-state index contributed by atoms with van der Waals surface area (Å²) in [6.07, 6.45) is 61.9. The highest BCUT2D eigenvalue weighted by Gasteiger charge is 2.27. The number of unbranched alkanes of at least 4 members (excludes halogenated alkanes) is 38. The normalized spacial score (nSPS) is 14.1. The highest BCUT2D eigenvalue weighted by Crippen LogP contribution is 2.43. The number of carbonyl (C=O) groups excluding carboxylic acids is 1. The summed E-state index contributed by atoms with van der Waals surface area (Å²) in [7, 11) is 1.56. The Kier molecular flexibility index (Phi) is 48.2. The van der Waals surface area contributed by atoms with E-state index in [1.807, 2.05) is 27.2 Å². The Bertz CT molecular complexity index is 1130. The van der Waals surface area contributed by atoms with Gasteiger partial charge in [0.25, 0.3) is 0 Å². The lowest BCUT2D eigenvalue weighted by molar-refractivity contribution is -0.870. The highest BCUT2D eigenvalue weighted by atomic mass is 31.2. The van der Waals surface area contributed by atoms with E-state index in [1.54, 1.807) is 6.08 Å². The van der Waals surface area contributed by atoms with Crippen molar-refractivity contribution in [3.8, 4) is 0 Å². The van der Waals surface area contributed by atoms with E-state index in [0.717, 1.165) is 38.5 Å². The number of carbonyl (C=O) groups is 1. The van der Waals surface area contributed by atoms with Gasteiger partial charge in [-0.3, -0.25) is 13.8 Å². The Morgan fingerprint density at radius 1 is 0.500 bits per heavy atom. The molecule has 0 aromatic heterocycles. The summed E-state index contributed by atoms with van der Waals surface area (Å²) in [6.45, 7) is 4.77. The van der Waals surface area contributed by atoms with E-state index in [0.29, 0.717) is 17.4 Å². The third-order valence-corrected chi connectivity index (χ3v) is 14.2. The molecule has 0 saturated carbocycles. The first-order valence-corrected chi connectivity index (χ1v) is 30.2. The first kappa shape index (κ1) is 65.0. The van der Waals surface area contributed by atoms with Crippen molar-refractivity contribution in [2.75, 3.05) is 40.9 Å². The molecule has 0 aliphatic carbocycles. The molecule has 0 rings (SSSR count). The quantitative estimate of drug-likeness (QED) is 0.0243. The Morgan fingerprint density at radius 2 is 0.833 bits per heavy atom. The molecule has 0 fully saturated rings. The summed E-state index contributed by atoms with van der Waals surface area (Å²) < 4.78 is 23.5. The van der Waals surface area contributed by atoms with Crippen LogP contribution in [0.4, 0.5) is 0 Å². The Balaban J connectivity index is 3.83. The van der Waals surface area contributed by atoms with Crippen molar-refractivity contribution in [1.29, 1.82) is 0 Å². The molecule has 66 heavy (non-hydrogen) atoms. The van der Waals surface area contributed by atoms with Gasteiger partial charge in [0.15, 0.2) is 0 Å². The standard InChI is InChI=1S/C57H113N2O6P/c1-6-8-10-12-14-16-17-18-19-20-21-22-23-24-25-26-27-28-29-30-31-32-33-34-35-36-37-38-39-40-41-43-45-47-49-51-57(61)58-55(54-65-66(62,63)64-53-52-59(3,4)5)56(60)50-48-46-44-42-15-13-11-9-7-2/h15,42,48,50,55-56,60H,6-14,16-41,43-47,49,51-54H2,1-5H3,(H-,58,61,62,63)/p+1/b42-15+,50-48+. The molecular weight excluding hydrogens is 840 g/mol. The number of nitrogens with one attached hydrogen (secondary N) is 1. The summed E-state index contributed by atoms with van der Waals surface area (Å²) in [6, 6.07) is -0.858. The van der Waals surface area contributed by atoms with E-state index < -0.39 is 20.0 Å². The van der Waals surface area contributed by atoms with Gasteiger partial charge in [0, 0.05) is 6.42 Å². The molecule has 3 atom stereocenters. The highest BCUT2D eigenvalue weighted by molar-refractivity contribution is 7.47. The largest absolute Gasteiger partial charge is 0.472 e. The summed E-state index contributed by atoms with van der Waals surface area (Å²) in [5.41, 5.74) is 0. The smallest absolute Gasteiger partial charge is 0.387 e. The Labute approximate surface area is 411 Å². The first-order chi connectivity index (χ1) is 32.0. The van der Waals surface area contributed by atoms with E-state index >= 15 is 0 Å². The van der Waals surface area contributed by atoms with E-state index in [1.165, 1.54) is 225 Å². The zero-order chi connectivity index (χ0) is 48.5. The van der Waals surface area contributed by atoms with E-state index in [9.17, 15) is 19.4 Å². The molecule has 8 nitrogen and oxygen atoms in total. The van der Waals surface area contributed by atoms with Crippen molar-refractivity contribution >= 4 is 13.7 Å². The number of phosphoric acid groups is 1. The van der Waals surface area contributed by atoms with Gasteiger partial charge in [-0.05, 0) is 32.1 Å². The number of aliphatic hydroxyl groups is 1. The van der Waals surface area contributed by atoms with Crippen molar-refractivity contribution in [3.63, 3.8) is 0 Å². The SMILES string of the molecule is CCCCC/C=C/CC/C=C/C(O)C(COP(=O)(O)OCC[N+](C)(C)C)NC(=O)CCCCCCCCCCCCCCCCCCCCCCCCCCCCCCCCCCCCC. The second-order valence-corrected chi connectivity index (χ2v) is 22.5. The lowest BCUT2D eigenvalue weighted by Gasteiger charge is -2.25. The van der Waals surface area contributed by atoms with Gasteiger partial charge in [0.1, 0.15) is 13.2 Å². The maximum Gasteiger partial charge on any atom is 0.472 e. The Hall–Kier alpha value is -1.02. The predicted octanol–water partition coefficient (Wildman–Crippen LogP) is 17.2. The van der Waals surface area contributed by atoms with Gasteiger partial charge in [0.2, 0.25) is 5.91 Å². The molecule has 0 bridgehead atoms. The minimum Gasteiger partial charge on any atom is -0.387 e. The fraction of sp³-hybridized carbons (Fsp3) is 0.912. The van der Waals surface area contributed by atoms with Crippen LogP contribution in [0.3, 0.4) is 0 Å². The second kappa shape index (κ2) is 49.0. The molecule has 0 radical (unpaired) electrons. The van der Waals surface area contributed by atoms with Gasteiger partial charge in [-0.1, -0.05) is 269 Å². The lowest BCUT2D eigenvalue weighted by atomic mass is 10.0. The van der Waals surface area contributed by atoms with Gasteiger partial charge >= 0.3 is 7.82 Å². The molecule has 392 valence electrons. The summed E-state index contributed by atoms with van der Waals surface area (Å²) in [5, 5.41) is 13.8. The van der Waals surface area contributed by atoms with Crippen LogP contribution in [-0.2, 0) is 18.4 Å². The zero-order valence-corrected chi connectivity index (χ0v) is 45.6. The van der Waals surface area contributed by atoms with E-state index in [2.05, 4.69) is 31.3 Å². The van der Waals surface area contributed by atoms with Gasteiger partial charge < -0.3 is 19.8 Å². The number of hydrogen-bond acceptors (Lipinski definition) is 5. The summed E-state index contributed by atoms with van der Waals surface area (Å²) in [5.74, 6) is -0.184. The van der Waals surface area contributed by atoms with Gasteiger partial charge in [-0.15, -0.1) is 0 Å². The molecule has 0 heterocycles. The molecule has 0 saturated heterocycles. The van der Waals surface area contributed by atoms with E-state index in [4.69, 9.17) is 9.05 Å². The summed E-state index contributed by atoms with van der Waals surface area (Å²) in [4.78, 5) is 23.1. The van der Waals surface area contributed by atoms with Crippen molar-refractivity contribution in [2.45, 2.75) is 296 Å². The average molecular weight is 955 g/mol. The topological polar surface area (TPSA) is 105 Å². The third-order valence-electron chi connectivity index (χ3n) is 13.2. The van der Waals surface area contributed by atoms with Crippen LogP contribution in [0.15, 0.2) is 24.3 Å². The van der Waals surface area contributed by atoms with Crippen LogP contribution in [0.5, 0.6) is 0 Å². The number of likely N-dealkylation sites (N-methyl/N-ethyl adjacent to an activating group) is 1. The molecule has 0 spiro atoms. The first-order valence-electron chi connectivity index (χ1n) is 28.7. The lowest BCUT2D eigenvalue weighted by Crippen LogP contribution is -2.45. The fourth-order valence-electron chi connectivity index (χ4n) is 8.65. The van der Waals surface area contributed by atoms with Crippen LogP contribution in [0.25, 0.3) is 0 Å². The minimum atomic E-state index is -4.34. The van der Waals surface area contributed by atoms with Crippen molar-refractivity contribution in [1.82, 2.24) is 5.32 Å². The van der Waals surface area contributed by atoms with Crippen molar-refractivity contribution in [2.24, 2.45) is 0 Å². The van der Waals surface area contributed by atoms with Crippen LogP contribution in [0, 0.1) is 0 Å². The molecule has 1 amide bonds. The molecule has 9 heteroatoms. The molecule has 0 aliphatic heterocycles. The number of rotatable bonds is 53. The predicted molar refractivity (Wildman–Crippen MR) is 286 cm³/mol. The molecule has 0 aromatic carbocycles. The number of aliphatic hydroxyl groups excluding tert-OH is 1. The molecule has 0 aromatic rings. The molecule has 0 aliphatic rings. The maximum absolute atomic E-state index is 12.9. The van der Waals surface area contributed by atoms with Gasteiger partial charge in [-0.2, -0.15) is 0 Å². The fourth-order valence-corrected chi connectivity index (χ4v) is 9.38. The Morgan fingerprint density at radius 3 is 1.21 bits per heavy atom. The zero-order valence-electron chi connectivity index (χ0n) is 44.7. The van der Waals surface area contributed by atoms with Crippen LogP contribution in [-0.4, -0.2) is 73.4 Å². The summed E-state index contributed by atoms with van der Waals surface area (Å²) >= 11 is 0. The number of quaternary nitrogens is 1. The third kappa shape index (κ3) is 50.8. The number of nitrogens with zero attached hydrogens (tertiary/aromatic N) is 1. The number of hydrogen-bond donors (Lipinski definition) is 3. The van der Waals surface area contributed by atoms with Crippen molar-refractivity contribution in [3.05, 3.63) is 24.3 Å². The minimum absolute atomic E-state index is 0.0580. The molecule has 3 N–H and O–H groups in total. The average Bonchev–Trinajstić information content (AvgIpc) is 3.28. The second-order valence-electron chi connectivity index (χ2n) is 21.0. The monoisotopic (exact) mass is 954 g/mol. The van der Waals surface area contributed by atoms with Crippen LogP contribution in [0.1, 0.15) is 284 Å².